The Kier molecular flexibility index (Phi) is 3.25. The lowest BCUT2D eigenvalue weighted by molar-refractivity contribution is 0.333. The molecule has 1 aromatic rings. The van der Waals surface area contributed by atoms with Crippen LogP contribution >= 0.6 is 11.6 Å². The van der Waals surface area contributed by atoms with Crippen LogP contribution in [0.25, 0.3) is 0 Å². The molecule has 2 aliphatic heterocycles. The number of rotatable bonds is 2. The normalized spacial score (nSPS) is 19.3. The lowest BCUT2D eigenvalue weighted by Gasteiger charge is -2.29. The maximum absolute atomic E-state index is 5.93. The zero-order valence-electron chi connectivity index (χ0n) is 11.3. The molecule has 100 valence electrons. The largest absolute Gasteiger partial charge is 0.367 e. The highest BCUT2D eigenvalue weighted by molar-refractivity contribution is 6.30. The summed E-state index contributed by atoms with van der Waals surface area (Å²) in [6, 6.07) is 8.10. The van der Waals surface area contributed by atoms with E-state index in [0.717, 1.165) is 24.7 Å². The molecule has 0 aliphatic carbocycles. The first-order valence-electron chi connectivity index (χ1n) is 6.51. The summed E-state index contributed by atoms with van der Waals surface area (Å²) in [5.41, 5.74) is 8.70. The van der Waals surface area contributed by atoms with Gasteiger partial charge in [0, 0.05) is 43.0 Å². The molecule has 3 nitrogen and oxygen atoms in total. The van der Waals surface area contributed by atoms with Crippen molar-refractivity contribution in [3.63, 3.8) is 0 Å². The van der Waals surface area contributed by atoms with Gasteiger partial charge in [0.1, 0.15) is 0 Å². The molecule has 0 amide bonds. The summed E-state index contributed by atoms with van der Waals surface area (Å²) in [5, 5.41) is 2.91. The maximum Gasteiger partial charge on any atom is 0.0530 e. The molecule has 0 radical (unpaired) electrons. The fourth-order valence-corrected chi connectivity index (χ4v) is 2.76. The van der Waals surface area contributed by atoms with Gasteiger partial charge < -0.3 is 10.3 Å². The van der Waals surface area contributed by atoms with Crippen LogP contribution in [0.5, 0.6) is 0 Å². The zero-order chi connectivity index (χ0) is 13.4. The highest BCUT2D eigenvalue weighted by Crippen LogP contribution is 2.27. The van der Waals surface area contributed by atoms with Gasteiger partial charge in [-0.25, -0.2) is 5.01 Å². The van der Waals surface area contributed by atoms with Crippen molar-refractivity contribution in [2.24, 2.45) is 0 Å². The minimum atomic E-state index is 0.793. The van der Waals surface area contributed by atoms with Gasteiger partial charge in [-0.05, 0) is 30.7 Å². The van der Waals surface area contributed by atoms with Crippen LogP contribution in [0, 0.1) is 0 Å². The Hall–Kier alpha value is -1.45. The van der Waals surface area contributed by atoms with E-state index >= 15 is 0 Å². The van der Waals surface area contributed by atoms with Gasteiger partial charge in [-0.3, -0.25) is 0 Å². The minimum Gasteiger partial charge on any atom is -0.367 e. The van der Waals surface area contributed by atoms with E-state index in [2.05, 4.69) is 47.5 Å². The first-order valence-corrected chi connectivity index (χ1v) is 6.89. The second-order valence-corrected chi connectivity index (χ2v) is 5.59. The van der Waals surface area contributed by atoms with E-state index in [1.54, 1.807) is 0 Å². The third-order valence-corrected chi connectivity index (χ3v) is 4.00. The number of nitrogens with zero attached hydrogens (tertiary/aromatic N) is 2. The Bertz CT molecular complexity index is 545. The summed E-state index contributed by atoms with van der Waals surface area (Å²) in [7, 11) is 2.07. The number of hydrogen-bond donors (Lipinski definition) is 1. The third kappa shape index (κ3) is 2.48. The fraction of sp³-hybridized carbons (Fsp3) is 0.333. The number of likely N-dealkylation sites (N-methyl/N-ethyl adjacent to an activating group) is 1. The smallest absolute Gasteiger partial charge is 0.0530 e. The molecule has 2 aliphatic rings. The molecule has 1 aromatic carbocycles. The average Bonchev–Trinajstić information content (AvgIpc) is 2.77. The first kappa shape index (κ1) is 12.6. The lowest BCUT2D eigenvalue weighted by Crippen LogP contribution is -2.27. The molecule has 2 heterocycles. The first-order chi connectivity index (χ1) is 9.13. The molecule has 3 rings (SSSR count). The fourth-order valence-electron chi connectivity index (χ4n) is 2.64. The minimum absolute atomic E-state index is 0.793. The number of allylic oxidation sites excluding steroid dienone is 1. The molecule has 1 saturated heterocycles. The van der Waals surface area contributed by atoms with Crippen LogP contribution in [0.1, 0.15) is 12.5 Å². The Labute approximate surface area is 119 Å². The standard InChI is InChI=1S/C15H18ClN3/c1-11-14-10-18(2)17-15(14)7-8-19(11)9-12-3-5-13(16)6-4-12/h3-7,17H,8-10H2,1-2H3. The summed E-state index contributed by atoms with van der Waals surface area (Å²) in [6.45, 7) is 5.06. The number of fused-ring (bicyclic) bond motifs is 1. The lowest BCUT2D eigenvalue weighted by atomic mass is 10.1. The van der Waals surface area contributed by atoms with Gasteiger partial charge in [-0.2, -0.15) is 0 Å². The van der Waals surface area contributed by atoms with Crippen molar-refractivity contribution in [3.05, 3.63) is 57.9 Å². The summed E-state index contributed by atoms with van der Waals surface area (Å²) in [5.74, 6) is 0. The van der Waals surface area contributed by atoms with E-state index in [-0.39, 0.29) is 0 Å². The van der Waals surface area contributed by atoms with Crippen molar-refractivity contribution in [2.75, 3.05) is 20.1 Å². The van der Waals surface area contributed by atoms with E-state index in [1.165, 1.54) is 22.5 Å². The molecule has 0 spiro atoms. The Morgan fingerprint density at radius 2 is 2.00 bits per heavy atom. The van der Waals surface area contributed by atoms with Crippen molar-refractivity contribution in [3.8, 4) is 0 Å². The van der Waals surface area contributed by atoms with E-state index in [0.29, 0.717) is 0 Å². The van der Waals surface area contributed by atoms with Crippen molar-refractivity contribution >= 4 is 11.6 Å². The summed E-state index contributed by atoms with van der Waals surface area (Å²) >= 11 is 5.93. The second-order valence-electron chi connectivity index (χ2n) is 5.16. The van der Waals surface area contributed by atoms with Gasteiger partial charge in [0.25, 0.3) is 0 Å². The molecule has 0 atom stereocenters. The predicted octanol–water partition coefficient (Wildman–Crippen LogP) is 2.76. The number of hydrazine groups is 1. The molecule has 1 fully saturated rings. The molecule has 1 N–H and O–H groups in total. The van der Waals surface area contributed by atoms with Gasteiger partial charge in [0.2, 0.25) is 0 Å². The van der Waals surface area contributed by atoms with Gasteiger partial charge in [-0.15, -0.1) is 0 Å². The quantitative estimate of drug-likeness (QED) is 0.895. The molecule has 0 unspecified atom stereocenters. The van der Waals surface area contributed by atoms with Crippen LogP contribution in [0.2, 0.25) is 5.02 Å². The van der Waals surface area contributed by atoms with Crippen LogP contribution in [0.15, 0.2) is 47.3 Å². The number of hydrogen-bond acceptors (Lipinski definition) is 3. The molecule has 19 heavy (non-hydrogen) atoms. The molecular weight excluding hydrogens is 258 g/mol. The second kappa shape index (κ2) is 4.91. The van der Waals surface area contributed by atoms with Crippen molar-refractivity contribution in [1.82, 2.24) is 15.3 Å². The van der Waals surface area contributed by atoms with Crippen LogP contribution in [0.4, 0.5) is 0 Å². The Balaban J connectivity index is 1.79. The highest BCUT2D eigenvalue weighted by Gasteiger charge is 2.25. The number of halogens is 1. The van der Waals surface area contributed by atoms with E-state index in [9.17, 15) is 0 Å². The van der Waals surface area contributed by atoms with Gasteiger partial charge in [0.15, 0.2) is 0 Å². The molecule has 0 aromatic heterocycles. The van der Waals surface area contributed by atoms with E-state index in [4.69, 9.17) is 11.6 Å². The van der Waals surface area contributed by atoms with Crippen molar-refractivity contribution in [1.29, 1.82) is 0 Å². The zero-order valence-corrected chi connectivity index (χ0v) is 12.0. The van der Waals surface area contributed by atoms with Gasteiger partial charge in [0.05, 0.1) is 5.70 Å². The van der Waals surface area contributed by atoms with Crippen LogP contribution in [-0.2, 0) is 6.54 Å². The Morgan fingerprint density at radius 3 is 2.74 bits per heavy atom. The average molecular weight is 276 g/mol. The van der Waals surface area contributed by atoms with Crippen molar-refractivity contribution < 1.29 is 0 Å². The summed E-state index contributed by atoms with van der Waals surface area (Å²) < 4.78 is 0. The van der Waals surface area contributed by atoms with Crippen LogP contribution < -0.4 is 5.43 Å². The summed E-state index contributed by atoms with van der Waals surface area (Å²) in [4.78, 5) is 2.41. The monoisotopic (exact) mass is 275 g/mol. The molecule has 0 saturated carbocycles. The maximum atomic E-state index is 5.93. The molecule has 0 bridgehead atoms. The van der Waals surface area contributed by atoms with E-state index in [1.807, 2.05) is 12.1 Å². The van der Waals surface area contributed by atoms with Gasteiger partial charge >= 0.3 is 0 Å². The topological polar surface area (TPSA) is 18.5 Å². The predicted molar refractivity (Wildman–Crippen MR) is 78.4 cm³/mol. The highest BCUT2D eigenvalue weighted by atomic mass is 35.5. The SMILES string of the molecule is CC1=C2CN(C)NC2=CCN1Cc1ccc(Cl)cc1. The van der Waals surface area contributed by atoms with Crippen molar-refractivity contribution in [2.45, 2.75) is 13.5 Å². The molecular formula is C15H18ClN3. The number of benzene rings is 1. The Morgan fingerprint density at radius 1 is 1.26 bits per heavy atom. The van der Waals surface area contributed by atoms with Crippen LogP contribution in [0.3, 0.4) is 0 Å². The van der Waals surface area contributed by atoms with Gasteiger partial charge in [-0.1, -0.05) is 23.7 Å². The van der Waals surface area contributed by atoms with Crippen LogP contribution in [-0.4, -0.2) is 30.0 Å². The van der Waals surface area contributed by atoms with E-state index < -0.39 is 0 Å². The number of nitrogens with one attached hydrogen (secondary N) is 1. The molecule has 4 heteroatoms. The third-order valence-electron chi connectivity index (χ3n) is 3.75. The summed E-state index contributed by atoms with van der Waals surface area (Å²) in [6.07, 6.45) is 2.27.